The van der Waals surface area contributed by atoms with E-state index in [0.29, 0.717) is 23.9 Å². The van der Waals surface area contributed by atoms with Crippen LogP contribution in [0.3, 0.4) is 0 Å². The molecular weight excluding hydrogens is 454 g/mol. The predicted molar refractivity (Wildman–Crippen MR) is 140 cm³/mol. The Morgan fingerprint density at radius 2 is 1.25 bits per heavy atom. The summed E-state index contributed by atoms with van der Waals surface area (Å²) < 4.78 is 0. The first-order valence-electron chi connectivity index (χ1n) is 11.9. The van der Waals surface area contributed by atoms with Crippen LogP contribution in [-0.4, -0.2) is 50.6 Å². The van der Waals surface area contributed by atoms with Crippen molar-refractivity contribution < 1.29 is 15.0 Å². The molecular formula is C28H27N5O3. The van der Waals surface area contributed by atoms with Crippen LogP contribution in [-0.2, 0) is 4.79 Å². The fourth-order valence-corrected chi connectivity index (χ4v) is 4.17. The minimum atomic E-state index is -0.0129. The molecule has 36 heavy (non-hydrogen) atoms. The van der Waals surface area contributed by atoms with Crippen molar-refractivity contribution in [2.24, 2.45) is 0 Å². The Morgan fingerprint density at radius 3 is 1.78 bits per heavy atom. The molecule has 0 saturated carbocycles. The molecule has 0 spiro atoms. The highest BCUT2D eigenvalue weighted by atomic mass is 16.3. The zero-order valence-corrected chi connectivity index (χ0v) is 19.7. The van der Waals surface area contributed by atoms with Gasteiger partial charge in [0.15, 0.2) is 0 Å². The van der Waals surface area contributed by atoms with E-state index in [1.165, 1.54) is 0 Å². The molecule has 8 heteroatoms. The second-order valence-corrected chi connectivity index (χ2v) is 8.79. The van der Waals surface area contributed by atoms with Crippen molar-refractivity contribution in [1.29, 1.82) is 0 Å². The highest BCUT2D eigenvalue weighted by Crippen LogP contribution is 2.28. The van der Waals surface area contributed by atoms with Gasteiger partial charge in [-0.15, -0.1) is 0 Å². The number of amides is 1. The highest BCUT2D eigenvalue weighted by Gasteiger charge is 2.15. The molecule has 5 rings (SSSR count). The Labute approximate surface area is 209 Å². The summed E-state index contributed by atoms with van der Waals surface area (Å²) >= 11 is 0. The van der Waals surface area contributed by atoms with Gasteiger partial charge >= 0.3 is 0 Å². The summed E-state index contributed by atoms with van der Waals surface area (Å²) in [6, 6.07) is 22.9. The lowest BCUT2D eigenvalue weighted by Gasteiger charge is -2.14. The van der Waals surface area contributed by atoms with E-state index < -0.39 is 0 Å². The SMILES string of the molecule is O=C(CN1CCCC1)Nc1ccc(Nc2nc(-c3ccc(O)cc3)cc(-c3ccc(O)cc3)n2)cc1. The molecule has 1 aliphatic rings. The van der Waals surface area contributed by atoms with Crippen LogP contribution in [0.1, 0.15) is 12.8 Å². The predicted octanol–water partition coefficient (Wildman–Crippen LogP) is 5.00. The lowest BCUT2D eigenvalue weighted by Crippen LogP contribution is -2.30. The van der Waals surface area contributed by atoms with E-state index in [1.807, 2.05) is 30.3 Å². The number of phenols is 2. The number of carbonyl (C=O) groups is 1. The molecule has 0 unspecified atom stereocenters. The number of carbonyl (C=O) groups excluding carboxylic acids is 1. The van der Waals surface area contributed by atoms with Crippen molar-refractivity contribution in [3.8, 4) is 34.0 Å². The van der Waals surface area contributed by atoms with Gasteiger partial charge in [-0.2, -0.15) is 0 Å². The lowest BCUT2D eigenvalue weighted by atomic mass is 10.1. The number of anilines is 3. The van der Waals surface area contributed by atoms with Gasteiger partial charge in [-0.1, -0.05) is 0 Å². The maximum Gasteiger partial charge on any atom is 0.238 e. The van der Waals surface area contributed by atoms with Crippen molar-refractivity contribution in [2.75, 3.05) is 30.3 Å². The van der Waals surface area contributed by atoms with Crippen LogP contribution in [0, 0.1) is 0 Å². The van der Waals surface area contributed by atoms with E-state index in [1.54, 1.807) is 48.5 Å². The molecule has 1 aromatic heterocycles. The van der Waals surface area contributed by atoms with E-state index in [4.69, 9.17) is 0 Å². The van der Waals surface area contributed by atoms with Gasteiger partial charge in [0, 0.05) is 22.5 Å². The van der Waals surface area contributed by atoms with Crippen molar-refractivity contribution in [3.63, 3.8) is 0 Å². The molecule has 2 heterocycles. The molecule has 1 amide bonds. The molecule has 1 fully saturated rings. The Kier molecular flexibility index (Phi) is 6.77. The van der Waals surface area contributed by atoms with Gasteiger partial charge in [-0.3, -0.25) is 9.69 Å². The molecule has 4 N–H and O–H groups in total. The first-order valence-corrected chi connectivity index (χ1v) is 11.9. The Hall–Kier alpha value is -4.43. The Morgan fingerprint density at radius 1 is 0.750 bits per heavy atom. The van der Waals surface area contributed by atoms with Crippen molar-refractivity contribution in [2.45, 2.75) is 12.8 Å². The number of likely N-dealkylation sites (tertiary alicyclic amines) is 1. The molecule has 0 aliphatic carbocycles. The van der Waals surface area contributed by atoms with Gasteiger partial charge in [-0.05, 0) is 105 Å². The van der Waals surface area contributed by atoms with Crippen LogP contribution in [0.15, 0.2) is 78.9 Å². The van der Waals surface area contributed by atoms with Crippen molar-refractivity contribution in [1.82, 2.24) is 14.9 Å². The summed E-state index contributed by atoms with van der Waals surface area (Å²) in [5.41, 5.74) is 4.52. The van der Waals surface area contributed by atoms with Crippen LogP contribution >= 0.6 is 0 Å². The average molecular weight is 482 g/mol. The van der Waals surface area contributed by atoms with E-state index >= 15 is 0 Å². The molecule has 182 valence electrons. The highest BCUT2D eigenvalue weighted by molar-refractivity contribution is 5.92. The normalized spacial score (nSPS) is 13.4. The minimum absolute atomic E-state index is 0.0129. The topological polar surface area (TPSA) is 111 Å². The van der Waals surface area contributed by atoms with E-state index in [2.05, 4.69) is 25.5 Å². The first-order chi connectivity index (χ1) is 17.5. The second-order valence-electron chi connectivity index (χ2n) is 8.79. The van der Waals surface area contributed by atoms with Crippen LogP contribution in [0.25, 0.3) is 22.5 Å². The summed E-state index contributed by atoms with van der Waals surface area (Å²) in [6.45, 7) is 2.37. The molecule has 4 aromatic rings. The van der Waals surface area contributed by atoms with Crippen LogP contribution < -0.4 is 10.6 Å². The lowest BCUT2D eigenvalue weighted by molar-refractivity contribution is -0.117. The third-order valence-corrected chi connectivity index (χ3v) is 6.04. The maximum atomic E-state index is 12.3. The van der Waals surface area contributed by atoms with Crippen molar-refractivity contribution in [3.05, 3.63) is 78.9 Å². The Bertz CT molecular complexity index is 1270. The number of hydrogen-bond acceptors (Lipinski definition) is 7. The Balaban J connectivity index is 1.36. The maximum absolute atomic E-state index is 12.3. The number of phenolic OH excluding ortho intramolecular Hbond substituents is 2. The van der Waals surface area contributed by atoms with Crippen LogP contribution in [0.5, 0.6) is 11.5 Å². The average Bonchev–Trinajstić information content (AvgIpc) is 3.39. The summed E-state index contributed by atoms with van der Waals surface area (Å²) in [5.74, 6) is 0.741. The summed E-state index contributed by atoms with van der Waals surface area (Å²) in [4.78, 5) is 23.8. The van der Waals surface area contributed by atoms with Crippen LogP contribution in [0.2, 0.25) is 0 Å². The third-order valence-electron chi connectivity index (χ3n) is 6.04. The fraction of sp³-hybridized carbons (Fsp3) is 0.179. The minimum Gasteiger partial charge on any atom is -0.508 e. The smallest absolute Gasteiger partial charge is 0.238 e. The third kappa shape index (κ3) is 5.79. The summed E-state index contributed by atoms with van der Waals surface area (Å²) in [7, 11) is 0. The number of nitrogens with zero attached hydrogens (tertiary/aromatic N) is 3. The van der Waals surface area contributed by atoms with E-state index in [0.717, 1.165) is 48.4 Å². The van der Waals surface area contributed by atoms with E-state index in [-0.39, 0.29) is 17.4 Å². The van der Waals surface area contributed by atoms with Gasteiger partial charge in [0.2, 0.25) is 11.9 Å². The number of hydrogen-bond donors (Lipinski definition) is 4. The van der Waals surface area contributed by atoms with Gasteiger partial charge in [0.1, 0.15) is 11.5 Å². The zero-order valence-electron chi connectivity index (χ0n) is 19.7. The van der Waals surface area contributed by atoms with Crippen LogP contribution in [0.4, 0.5) is 17.3 Å². The largest absolute Gasteiger partial charge is 0.508 e. The number of rotatable bonds is 7. The molecule has 0 atom stereocenters. The zero-order chi connectivity index (χ0) is 24.9. The van der Waals surface area contributed by atoms with Crippen molar-refractivity contribution >= 4 is 23.2 Å². The van der Waals surface area contributed by atoms with Gasteiger partial charge in [-0.25, -0.2) is 9.97 Å². The fourth-order valence-electron chi connectivity index (χ4n) is 4.17. The first kappa shape index (κ1) is 23.3. The number of aromatic hydroxyl groups is 2. The number of nitrogens with one attached hydrogen (secondary N) is 2. The number of benzene rings is 3. The molecule has 0 bridgehead atoms. The molecule has 1 saturated heterocycles. The number of aromatic nitrogens is 2. The summed E-state index contributed by atoms with van der Waals surface area (Å²) in [6.07, 6.45) is 2.30. The van der Waals surface area contributed by atoms with Gasteiger partial charge in [0.25, 0.3) is 0 Å². The molecule has 8 nitrogen and oxygen atoms in total. The van der Waals surface area contributed by atoms with Gasteiger partial charge in [0.05, 0.1) is 17.9 Å². The molecule has 0 radical (unpaired) electrons. The van der Waals surface area contributed by atoms with E-state index in [9.17, 15) is 15.0 Å². The second kappa shape index (κ2) is 10.5. The monoisotopic (exact) mass is 481 g/mol. The summed E-state index contributed by atoms with van der Waals surface area (Å²) in [5, 5.41) is 25.5. The van der Waals surface area contributed by atoms with Gasteiger partial charge < -0.3 is 20.8 Å². The standard InChI is InChI=1S/C28H27N5O3/c34-23-11-3-19(4-12-23)25-17-26(20-5-13-24(35)14-6-20)32-28(31-25)30-22-9-7-21(8-10-22)29-27(36)18-33-15-1-2-16-33/h3-14,17,34-35H,1-2,15-16,18H2,(H,29,36)(H,30,31,32). The molecule has 3 aromatic carbocycles. The quantitative estimate of drug-likeness (QED) is 0.294. The molecule has 1 aliphatic heterocycles.